The van der Waals surface area contributed by atoms with Gasteiger partial charge in [0.15, 0.2) is 0 Å². The Morgan fingerprint density at radius 1 is 1.47 bits per heavy atom. The van der Waals surface area contributed by atoms with Crippen molar-refractivity contribution in [2.75, 3.05) is 17.2 Å². The Morgan fingerprint density at radius 3 is 2.87 bits per heavy atom. The van der Waals surface area contributed by atoms with Crippen molar-refractivity contribution >= 4 is 51.9 Å². The molecule has 1 aliphatic heterocycles. The Kier molecular flexibility index (Phi) is 4.00. The molecule has 2 heterocycles. The zero-order chi connectivity index (χ0) is 10.8. The molecular weight excluding hydrogens is 341 g/mol. The molecule has 2 atom stereocenters. The summed E-state index contributed by atoms with van der Waals surface area (Å²) in [5, 5.41) is 0.964. The van der Waals surface area contributed by atoms with Gasteiger partial charge in [-0.3, -0.25) is 0 Å². The average molecular weight is 353 g/mol. The summed E-state index contributed by atoms with van der Waals surface area (Å²) < 4.78 is 0.928. The van der Waals surface area contributed by atoms with E-state index in [9.17, 15) is 0 Å². The maximum atomic E-state index is 5.80. The largest absolute Gasteiger partial charge is 0.383 e. The van der Waals surface area contributed by atoms with Crippen LogP contribution in [0.2, 0.25) is 0 Å². The van der Waals surface area contributed by atoms with Gasteiger partial charge in [-0.05, 0) is 22.6 Å². The summed E-state index contributed by atoms with van der Waals surface area (Å²) in [6.07, 6.45) is 1.81. The minimum atomic E-state index is 0.392. The van der Waals surface area contributed by atoms with Crippen LogP contribution in [0, 0.1) is 3.57 Å². The maximum absolute atomic E-state index is 5.80. The normalized spacial score (nSPS) is 26.5. The molecule has 1 saturated heterocycles. The molecular formula is C9H12IN3S2. The molecule has 6 heteroatoms. The van der Waals surface area contributed by atoms with E-state index < -0.39 is 0 Å². The summed E-state index contributed by atoms with van der Waals surface area (Å²) in [4.78, 5) is 8.75. The lowest BCUT2D eigenvalue weighted by Gasteiger charge is -2.26. The Bertz CT molecular complexity index is 361. The fourth-order valence-electron chi connectivity index (χ4n) is 1.45. The molecule has 1 aromatic rings. The number of anilines is 1. The van der Waals surface area contributed by atoms with Crippen LogP contribution in [0.1, 0.15) is 18.0 Å². The second-order valence-electron chi connectivity index (χ2n) is 3.33. The number of hydrogen-bond donors (Lipinski definition) is 1. The molecule has 0 amide bonds. The van der Waals surface area contributed by atoms with Gasteiger partial charge in [-0.15, -0.1) is 11.8 Å². The van der Waals surface area contributed by atoms with Gasteiger partial charge in [0.2, 0.25) is 0 Å². The van der Waals surface area contributed by atoms with E-state index in [1.165, 1.54) is 11.5 Å². The molecule has 0 aromatic carbocycles. The Morgan fingerprint density at radius 2 is 2.20 bits per heavy atom. The third kappa shape index (κ3) is 2.71. The zero-order valence-corrected chi connectivity index (χ0v) is 12.1. The summed E-state index contributed by atoms with van der Waals surface area (Å²) >= 11 is 6.08. The van der Waals surface area contributed by atoms with Crippen molar-refractivity contribution in [2.24, 2.45) is 0 Å². The van der Waals surface area contributed by atoms with Gasteiger partial charge in [0, 0.05) is 23.0 Å². The lowest BCUT2D eigenvalue weighted by Crippen LogP contribution is -2.18. The van der Waals surface area contributed by atoms with E-state index in [1.807, 2.05) is 29.7 Å². The van der Waals surface area contributed by atoms with Crippen molar-refractivity contribution in [3.8, 4) is 0 Å². The van der Waals surface area contributed by atoms with Crippen molar-refractivity contribution in [1.82, 2.24) is 9.97 Å². The molecule has 15 heavy (non-hydrogen) atoms. The first-order valence-corrected chi connectivity index (χ1v) is 7.87. The number of thioether (sulfide) groups is 2. The molecule has 2 N–H and O–H groups in total. The summed E-state index contributed by atoms with van der Waals surface area (Å²) in [5.74, 6) is 3.89. The van der Waals surface area contributed by atoms with Crippen LogP contribution in [0.4, 0.5) is 5.82 Å². The summed E-state index contributed by atoms with van der Waals surface area (Å²) in [6, 6.07) is 0. The van der Waals surface area contributed by atoms with Crippen LogP contribution < -0.4 is 5.73 Å². The number of aromatic nitrogens is 2. The van der Waals surface area contributed by atoms with Crippen molar-refractivity contribution in [1.29, 1.82) is 0 Å². The molecule has 0 aliphatic carbocycles. The predicted molar refractivity (Wildman–Crippen MR) is 76.3 cm³/mol. The number of nitrogens with two attached hydrogens (primary N) is 1. The third-order valence-corrected chi connectivity index (χ3v) is 6.15. The van der Waals surface area contributed by atoms with E-state index in [1.54, 1.807) is 0 Å². The molecule has 0 saturated carbocycles. The van der Waals surface area contributed by atoms with Gasteiger partial charge in [-0.2, -0.15) is 11.8 Å². The van der Waals surface area contributed by atoms with Crippen LogP contribution in [-0.2, 0) is 0 Å². The number of hydrogen-bond acceptors (Lipinski definition) is 5. The summed E-state index contributed by atoms with van der Waals surface area (Å²) in [5.41, 5.74) is 5.80. The highest BCUT2D eigenvalue weighted by Crippen LogP contribution is 2.41. The first-order valence-electron chi connectivity index (χ1n) is 4.69. The first-order chi connectivity index (χ1) is 7.18. The number of halogens is 1. The number of nitrogens with zero attached hydrogens (tertiary/aromatic N) is 2. The molecule has 0 spiro atoms. The molecule has 0 radical (unpaired) electrons. The highest BCUT2D eigenvalue weighted by atomic mass is 127. The maximum Gasteiger partial charge on any atom is 0.144 e. The molecule has 2 unspecified atom stereocenters. The molecule has 2 rings (SSSR count). The van der Waals surface area contributed by atoms with Gasteiger partial charge in [0.25, 0.3) is 0 Å². The van der Waals surface area contributed by atoms with Crippen LogP contribution >= 0.6 is 46.1 Å². The Hall–Kier alpha value is 0.310. The number of nitrogen functional groups attached to an aromatic ring is 1. The molecule has 1 aliphatic rings. The second-order valence-corrected chi connectivity index (χ2v) is 7.23. The lowest BCUT2D eigenvalue weighted by molar-refractivity contribution is 0.824. The lowest BCUT2D eigenvalue weighted by atomic mass is 10.3. The molecule has 82 valence electrons. The predicted octanol–water partition coefficient (Wildman–Crippen LogP) is 2.57. The zero-order valence-electron chi connectivity index (χ0n) is 8.31. The summed E-state index contributed by atoms with van der Waals surface area (Å²) in [7, 11) is 0. The summed E-state index contributed by atoms with van der Waals surface area (Å²) in [6.45, 7) is 2.24. The molecule has 3 nitrogen and oxygen atoms in total. The average Bonchev–Trinajstić information content (AvgIpc) is 2.23. The van der Waals surface area contributed by atoms with E-state index in [-0.39, 0.29) is 0 Å². The minimum Gasteiger partial charge on any atom is -0.383 e. The van der Waals surface area contributed by atoms with Gasteiger partial charge in [-0.1, -0.05) is 6.92 Å². The highest BCUT2D eigenvalue weighted by Gasteiger charge is 2.26. The van der Waals surface area contributed by atoms with Gasteiger partial charge in [-0.25, -0.2) is 9.97 Å². The van der Waals surface area contributed by atoms with E-state index in [0.717, 1.165) is 9.39 Å². The third-order valence-electron chi connectivity index (χ3n) is 2.23. The molecule has 0 bridgehead atoms. The minimum absolute atomic E-state index is 0.392. The molecule has 1 aromatic heterocycles. The van der Waals surface area contributed by atoms with E-state index in [0.29, 0.717) is 16.3 Å². The topological polar surface area (TPSA) is 51.8 Å². The van der Waals surface area contributed by atoms with E-state index in [4.69, 9.17) is 5.73 Å². The smallest absolute Gasteiger partial charge is 0.144 e. The van der Waals surface area contributed by atoms with Gasteiger partial charge in [0.1, 0.15) is 11.6 Å². The van der Waals surface area contributed by atoms with Crippen molar-refractivity contribution in [3.63, 3.8) is 0 Å². The van der Waals surface area contributed by atoms with Crippen LogP contribution in [-0.4, -0.2) is 26.7 Å². The van der Waals surface area contributed by atoms with E-state index in [2.05, 4.69) is 39.5 Å². The SMILES string of the molecule is CC1SCCSC1c1ncc(I)c(N)n1. The van der Waals surface area contributed by atoms with Crippen molar-refractivity contribution in [2.45, 2.75) is 17.4 Å². The first kappa shape index (κ1) is 11.8. The molecule has 1 fully saturated rings. The van der Waals surface area contributed by atoms with Crippen molar-refractivity contribution < 1.29 is 0 Å². The van der Waals surface area contributed by atoms with Gasteiger partial charge >= 0.3 is 0 Å². The van der Waals surface area contributed by atoms with Gasteiger partial charge in [0.05, 0.1) is 8.82 Å². The number of rotatable bonds is 1. The fourth-order valence-corrected chi connectivity index (χ4v) is 4.41. The standard InChI is InChI=1S/C9H12IN3S2/c1-5-7(15-3-2-14-5)9-12-4-6(10)8(11)13-9/h4-5,7H,2-3H2,1H3,(H2,11,12,13). The van der Waals surface area contributed by atoms with Crippen LogP contribution in [0.3, 0.4) is 0 Å². The monoisotopic (exact) mass is 353 g/mol. The second kappa shape index (κ2) is 5.09. The van der Waals surface area contributed by atoms with Crippen LogP contribution in [0.15, 0.2) is 6.20 Å². The van der Waals surface area contributed by atoms with Crippen molar-refractivity contribution in [3.05, 3.63) is 15.6 Å². The quantitative estimate of drug-likeness (QED) is 0.787. The van der Waals surface area contributed by atoms with Gasteiger partial charge < -0.3 is 5.73 Å². The van der Waals surface area contributed by atoms with Crippen LogP contribution in [0.25, 0.3) is 0 Å². The van der Waals surface area contributed by atoms with E-state index >= 15 is 0 Å². The Labute approximate surface area is 112 Å². The van der Waals surface area contributed by atoms with Crippen LogP contribution in [0.5, 0.6) is 0 Å². The highest BCUT2D eigenvalue weighted by molar-refractivity contribution is 14.1. The fraction of sp³-hybridized carbons (Fsp3) is 0.556. The Balaban J connectivity index is 2.24.